The Labute approximate surface area is 129 Å². The third-order valence-electron chi connectivity index (χ3n) is 3.82. The van der Waals surface area contributed by atoms with Crippen LogP contribution in [0.4, 0.5) is 10.1 Å². The molecule has 0 spiro atoms. The van der Waals surface area contributed by atoms with E-state index < -0.39 is 22.3 Å². The Kier molecular flexibility index (Phi) is 3.96. The normalized spacial score (nSPS) is 18.0. The molecule has 120 valence electrons. The van der Waals surface area contributed by atoms with Gasteiger partial charge in [0.05, 0.1) is 11.0 Å². The van der Waals surface area contributed by atoms with Crippen molar-refractivity contribution in [1.29, 1.82) is 0 Å². The topological polar surface area (TPSA) is 118 Å². The summed E-state index contributed by atoms with van der Waals surface area (Å²) < 4.78 is 13.2. The number of piperidine rings is 1. The van der Waals surface area contributed by atoms with Crippen LogP contribution in [0, 0.1) is 15.9 Å². The fraction of sp³-hybridized carbons (Fsp3) is 0.385. The second kappa shape index (κ2) is 6.07. The lowest BCUT2D eigenvalue weighted by molar-refractivity contribution is -0.385. The van der Waals surface area contributed by atoms with Gasteiger partial charge in [0.25, 0.3) is 11.6 Å². The molecule has 0 radical (unpaired) electrons. The summed E-state index contributed by atoms with van der Waals surface area (Å²) in [5, 5.41) is 24.8. The number of benzene rings is 1. The summed E-state index contributed by atoms with van der Waals surface area (Å²) in [5.74, 6) is -0.816. The Morgan fingerprint density at radius 2 is 2.30 bits per heavy atom. The summed E-state index contributed by atoms with van der Waals surface area (Å²) in [6.07, 6.45) is 1.52. The minimum Gasteiger partial charge on any atom is -0.338 e. The lowest BCUT2D eigenvalue weighted by atomic mass is 9.96. The largest absolute Gasteiger partial charge is 0.338 e. The average molecular weight is 320 g/mol. The van der Waals surface area contributed by atoms with Crippen LogP contribution < -0.4 is 0 Å². The molecular weight excluding hydrogens is 307 g/mol. The van der Waals surface area contributed by atoms with E-state index in [0.717, 1.165) is 31.0 Å². The van der Waals surface area contributed by atoms with Crippen LogP contribution in [0.2, 0.25) is 0 Å². The van der Waals surface area contributed by atoms with E-state index in [0.29, 0.717) is 18.9 Å². The molecule has 1 aromatic heterocycles. The molecule has 23 heavy (non-hydrogen) atoms. The number of nitrogens with one attached hydrogen (secondary N) is 1. The molecule has 0 unspecified atom stereocenters. The van der Waals surface area contributed by atoms with Crippen molar-refractivity contribution in [2.24, 2.45) is 0 Å². The number of carbonyl (C=O) groups is 1. The molecule has 1 amide bonds. The van der Waals surface area contributed by atoms with Crippen molar-refractivity contribution in [1.82, 2.24) is 25.5 Å². The van der Waals surface area contributed by atoms with Gasteiger partial charge in [-0.25, -0.2) is 4.39 Å². The number of halogens is 1. The fourth-order valence-electron chi connectivity index (χ4n) is 2.72. The molecule has 1 saturated heterocycles. The first-order valence-electron chi connectivity index (χ1n) is 7.03. The Bertz CT molecular complexity index is 735. The summed E-state index contributed by atoms with van der Waals surface area (Å²) in [6, 6.07) is 2.95. The number of nitro benzene ring substituents is 1. The van der Waals surface area contributed by atoms with Crippen LogP contribution in [0.15, 0.2) is 18.2 Å². The maximum atomic E-state index is 13.2. The predicted molar refractivity (Wildman–Crippen MR) is 75.1 cm³/mol. The highest BCUT2D eigenvalue weighted by atomic mass is 19.1. The van der Waals surface area contributed by atoms with Gasteiger partial charge in [-0.2, -0.15) is 5.21 Å². The number of hydrogen-bond acceptors (Lipinski definition) is 6. The van der Waals surface area contributed by atoms with E-state index in [1.165, 1.54) is 4.90 Å². The molecule has 1 fully saturated rings. The second-order valence-electron chi connectivity index (χ2n) is 5.28. The molecule has 1 N–H and O–H groups in total. The molecule has 2 heterocycles. The van der Waals surface area contributed by atoms with Gasteiger partial charge < -0.3 is 4.90 Å². The molecule has 0 saturated carbocycles. The number of rotatable bonds is 3. The van der Waals surface area contributed by atoms with E-state index in [1.54, 1.807) is 0 Å². The number of carbonyl (C=O) groups excluding carboxylic acids is 1. The van der Waals surface area contributed by atoms with Crippen molar-refractivity contribution in [2.45, 2.75) is 18.8 Å². The monoisotopic (exact) mass is 320 g/mol. The number of H-pyrrole nitrogens is 1. The van der Waals surface area contributed by atoms with Crippen molar-refractivity contribution in [3.8, 4) is 0 Å². The number of aromatic nitrogens is 4. The van der Waals surface area contributed by atoms with Gasteiger partial charge in [-0.3, -0.25) is 14.9 Å². The number of nitro groups is 1. The lowest BCUT2D eigenvalue weighted by Crippen LogP contribution is -2.39. The van der Waals surface area contributed by atoms with Gasteiger partial charge in [0.2, 0.25) is 0 Å². The lowest BCUT2D eigenvalue weighted by Gasteiger charge is -2.31. The molecule has 1 atom stereocenters. The number of tetrazole rings is 1. The minimum absolute atomic E-state index is 0.0778. The first-order valence-corrected chi connectivity index (χ1v) is 7.03. The zero-order chi connectivity index (χ0) is 16.4. The van der Waals surface area contributed by atoms with Gasteiger partial charge in [-0.05, 0) is 25.0 Å². The SMILES string of the molecule is O=C(c1ccc(F)cc1[N+](=O)[O-])N1CCC[C@@H](c2nn[nH]n2)C1. The summed E-state index contributed by atoms with van der Waals surface area (Å²) in [4.78, 5) is 24.4. The van der Waals surface area contributed by atoms with Gasteiger partial charge in [0.15, 0.2) is 5.82 Å². The smallest absolute Gasteiger partial charge is 0.285 e. The molecular formula is C13H13FN6O3. The van der Waals surface area contributed by atoms with Gasteiger partial charge in [-0.1, -0.05) is 5.21 Å². The Hall–Kier alpha value is -2.91. The van der Waals surface area contributed by atoms with Crippen LogP contribution in [0.3, 0.4) is 0 Å². The summed E-state index contributed by atoms with van der Waals surface area (Å²) >= 11 is 0. The van der Waals surface area contributed by atoms with Crippen LogP contribution in [0.1, 0.15) is 34.9 Å². The highest BCUT2D eigenvalue weighted by Gasteiger charge is 2.31. The van der Waals surface area contributed by atoms with Crippen molar-refractivity contribution in [3.63, 3.8) is 0 Å². The number of likely N-dealkylation sites (tertiary alicyclic amines) is 1. The zero-order valence-electron chi connectivity index (χ0n) is 12.0. The molecule has 3 rings (SSSR count). The summed E-state index contributed by atoms with van der Waals surface area (Å²) in [5.41, 5.74) is -0.651. The van der Waals surface area contributed by atoms with Crippen LogP contribution in [-0.2, 0) is 0 Å². The second-order valence-corrected chi connectivity index (χ2v) is 5.28. The molecule has 0 aliphatic carbocycles. The Balaban J connectivity index is 1.84. The molecule has 2 aromatic rings. The highest BCUT2D eigenvalue weighted by molar-refractivity contribution is 5.98. The molecule has 1 aliphatic heterocycles. The molecule has 1 aliphatic rings. The maximum Gasteiger partial charge on any atom is 0.285 e. The van der Waals surface area contributed by atoms with Crippen LogP contribution in [0.25, 0.3) is 0 Å². The average Bonchev–Trinajstić information content (AvgIpc) is 3.09. The van der Waals surface area contributed by atoms with E-state index in [1.807, 2.05) is 0 Å². The van der Waals surface area contributed by atoms with Gasteiger partial charge in [-0.15, -0.1) is 10.2 Å². The fourth-order valence-corrected chi connectivity index (χ4v) is 2.72. The Morgan fingerprint density at radius 1 is 1.48 bits per heavy atom. The maximum absolute atomic E-state index is 13.2. The third-order valence-corrected chi connectivity index (χ3v) is 3.82. The highest BCUT2D eigenvalue weighted by Crippen LogP contribution is 2.27. The summed E-state index contributed by atoms with van der Waals surface area (Å²) in [7, 11) is 0. The number of aromatic amines is 1. The molecule has 10 heteroatoms. The minimum atomic E-state index is -0.753. The number of hydrogen-bond donors (Lipinski definition) is 1. The van der Waals surface area contributed by atoms with E-state index in [2.05, 4.69) is 20.6 Å². The molecule has 0 bridgehead atoms. The predicted octanol–water partition coefficient (Wildman–Crippen LogP) is 1.27. The van der Waals surface area contributed by atoms with Crippen molar-refractivity contribution in [3.05, 3.63) is 45.5 Å². The third kappa shape index (κ3) is 3.00. The van der Waals surface area contributed by atoms with Crippen LogP contribution >= 0.6 is 0 Å². The van der Waals surface area contributed by atoms with E-state index >= 15 is 0 Å². The summed E-state index contributed by atoms with van der Waals surface area (Å²) in [6.45, 7) is 0.814. The van der Waals surface area contributed by atoms with Gasteiger partial charge >= 0.3 is 0 Å². The van der Waals surface area contributed by atoms with E-state index in [9.17, 15) is 19.3 Å². The van der Waals surface area contributed by atoms with Gasteiger partial charge in [0, 0.05) is 19.0 Å². The molecule has 9 nitrogen and oxygen atoms in total. The van der Waals surface area contributed by atoms with Gasteiger partial charge in [0.1, 0.15) is 11.4 Å². The van der Waals surface area contributed by atoms with Crippen molar-refractivity contribution in [2.75, 3.05) is 13.1 Å². The van der Waals surface area contributed by atoms with Crippen molar-refractivity contribution < 1.29 is 14.1 Å². The van der Waals surface area contributed by atoms with Crippen LogP contribution in [-0.4, -0.2) is 49.4 Å². The zero-order valence-corrected chi connectivity index (χ0v) is 12.0. The first kappa shape index (κ1) is 15.0. The molecule has 1 aromatic carbocycles. The Morgan fingerprint density at radius 3 is 3.00 bits per heavy atom. The number of amides is 1. The van der Waals surface area contributed by atoms with Crippen LogP contribution in [0.5, 0.6) is 0 Å². The van der Waals surface area contributed by atoms with Crippen molar-refractivity contribution >= 4 is 11.6 Å². The first-order chi connectivity index (χ1) is 11.1. The van der Waals surface area contributed by atoms with E-state index in [4.69, 9.17) is 0 Å². The standard InChI is InChI=1S/C13H13FN6O3/c14-9-3-4-10(11(6-9)20(22)23)13(21)19-5-1-2-8(7-19)12-15-17-18-16-12/h3-4,6,8H,1-2,5,7H2,(H,15,16,17,18)/t8-/m1/s1. The number of nitrogens with zero attached hydrogens (tertiary/aromatic N) is 5. The quantitative estimate of drug-likeness (QED) is 0.672. The van der Waals surface area contributed by atoms with E-state index in [-0.39, 0.29) is 11.5 Å².